The van der Waals surface area contributed by atoms with Crippen molar-refractivity contribution >= 4 is 22.6 Å². The van der Waals surface area contributed by atoms with Gasteiger partial charge in [0.1, 0.15) is 23.8 Å². The van der Waals surface area contributed by atoms with Crippen LogP contribution in [-0.2, 0) is 4.79 Å². The third kappa shape index (κ3) is 5.09. The maximum absolute atomic E-state index is 12.7. The predicted octanol–water partition coefficient (Wildman–Crippen LogP) is 4.29. The number of aliphatic hydroxyl groups excluding tert-OH is 1. The van der Waals surface area contributed by atoms with Crippen LogP contribution in [0, 0.1) is 6.92 Å². The third-order valence-corrected chi connectivity index (χ3v) is 6.19. The van der Waals surface area contributed by atoms with E-state index in [0.717, 1.165) is 60.9 Å². The number of nitrogens with one attached hydrogen (secondary N) is 1. The molecule has 3 N–H and O–H groups in total. The number of para-hydroxylation sites is 1. The molecule has 4 rings (SSSR count). The van der Waals surface area contributed by atoms with Gasteiger partial charge in [-0.15, -0.1) is 0 Å². The molecule has 2 unspecified atom stereocenters. The molecule has 3 aromatic rings. The monoisotopic (exact) mass is 448 g/mol. The van der Waals surface area contributed by atoms with Crippen molar-refractivity contribution in [2.75, 3.05) is 11.4 Å². The molecule has 0 spiro atoms. The highest BCUT2D eigenvalue weighted by Gasteiger charge is 2.29. The summed E-state index contributed by atoms with van der Waals surface area (Å²) < 4.78 is 0. The standard InChI is InChI=1S/C26H32N4O3/c1-3-4-10-22(32)26(33)28-23-12-7-8-15-30(23)25-18-14-13-17(2)16-20(18)27-24(29-25)19-9-5-6-11-21(19)31/h5-6,9,11,13-14,16,22-23,31-32H,3-4,7-8,10,12,15H2,1-2H3,(H,28,33). The number of hydrogen-bond acceptors (Lipinski definition) is 6. The SMILES string of the molecule is CCCCC(O)C(=O)NC1CCCCN1c1nc(-c2ccccc2O)nc2cc(C)ccc12. The van der Waals surface area contributed by atoms with Gasteiger partial charge in [-0.2, -0.15) is 0 Å². The normalized spacial score (nSPS) is 17.2. The average Bonchev–Trinajstić information content (AvgIpc) is 2.82. The van der Waals surface area contributed by atoms with E-state index in [1.54, 1.807) is 18.2 Å². The Morgan fingerprint density at radius 3 is 2.82 bits per heavy atom. The number of benzene rings is 2. The minimum Gasteiger partial charge on any atom is -0.507 e. The molecule has 0 bridgehead atoms. The minimum absolute atomic E-state index is 0.123. The van der Waals surface area contributed by atoms with Crippen LogP contribution in [0.1, 0.15) is 51.0 Å². The molecule has 1 aromatic heterocycles. The van der Waals surface area contributed by atoms with Crippen LogP contribution in [0.4, 0.5) is 5.82 Å². The average molecular weight is 449 g/mol. The zero-order valence-electron chi connectivity index (χ0n) is 19.3. The summed E-state index contributed by atoms with van der Waals surface area (Å²) in [5.41, 5.74) is 2.43. The Kier molecular flexibility index (Phi) is 7.08. The Morgan fingerprint density at radius 2 is 2.03 bits per heavy atom. The minimum atomic E-state index is -1.00. The zero-order valence-corrected chi connectivity index (χ0v) is 19.3. The van der Waals surface area contributed by atoms with E-state index >= 15 is 0 Å². The number of rotatable bonds is 7. The maximum Gasteiger partial charge on any atom is 0.250 e. The Labute approximate surface area is 194 Å². The number of anilines is 1. The van der Waals surface area contributed by atoms with Gasteiger partial charge in [-0.1, -0.05) is 38.0 Å². The molecule has 1 amide bonds. The molecule has 7 nitrogen and oxygen atoms in total. The number of piperidine rings is 1. The van der Waals surface area contributed by atoms with E-state index in [0.29, 0.717) is 17.8 Å². The van der Waals surface area contributed by atoms with E-state index in [1.807, 2.05) is 38.1 Å². The molecule has 1 fully saturated rings. The summed E-state index contributed by atoms with van der Waals surface area (Å²) in [6.45, 7) is 4.79. The van der Waals surface area contributed by atoms with Crippen LogP contribution in [0.15, 0.2) is 42.5 Å². The van der Waals surface area contributed by atoms with E-state index in [2.05, 4.69) is 10.2 Å². The fraction of sp³-hybridized carbons (Fsp3) is 0.423. The Morgan fingerprint density at radius 1 is 1.21 bits per heavy atom. The topological polar surface area (TPSA) is 98.6 Å². The number of amides is 1. The summed E-state index contributed by atoms with van der Waals surface area (Å²) in [6, 6.07) is 13.1. The van der Waals surface area contributed by atoms with Gasteiger partial charge in [-0.3, -0.25) is 4.79 Å². The van der Waals surface area contributed by atoms with E-state index in [9.17, 15) is 15.0 Å². The number of hydrogen-bond donors (Lipinski definition) is 3. The van der Waals surface area contributed by atoms with Crippen LogP contribution < -0.4 is 10.2 Å². The summed E-state index contributed by atoms with van der Waals surface area (Å²) >= 11 is 0. The zero-order chi connectivity index (χ0) is 23.4. The molecule has 174 valence electrons. The molecular weight excluding hydrogens is 416 g/mol. The van der Waals surface area contributed by atoms with Gasteiger partial charge in [0.15, 0.2) is 5.82 Å². The van der Waals surface area contributed by atoms with E-state index in [4.69, 9.17) is 9.97 Å². The van der Waals surface area contributed by atoms with Gasteiger partial charge in [0, 0.05) is 11.9 Å². The molecule has 0 aliphatic carbocycles. The van der Waals surface area contributed by atoms with Crippen molar-refractivity contribution in [2.24, 2.45) is 0 Å². The maximum atomic E-state index is 12.7. The van der Waals surface area contributed by atoms with E-state index < -0.39 is 6.10 Å². The Balaban J connectivity index is 1.74. The van der Waals surface area contributed by atoms with Crippen LogP contribution in [0.25, 0.3) is 22.3 Å². The molecule has 2 heterocycles. The Bertz CT molecular complexity index is 1130. The fourth-order valence-corrected chi connectivity index (χ4v) is 4.35. The van der Waals surface area contributed by atoms with Crippen LogP contribution in [0.5, 0.6) is 5.75 Å². The van der Waals surface area contributed by atoms with Gasteiger partial charge < -0.3 is 20.4 Å². The lowest BCUT2D eigenvalue weighted by Crippen LogP contribution is -2.53. The first-order valence-electron chi connectivity index (χ1n) is 11.8. The van der Waals surface area contributed by atoms with E-state index in [1.165, 1.54) is 0 Å². The van der Waals surface area contributed by atoms with Gasteiger partial charge >= 0.3 is 0 Å². The van der Waals surface area contributed by atoms with Crippen molar-refractivity contribution < 1.29 is 15.0 Å². The first-order valence-corrected chi connectivity index (χ1v) is 11.8. The second kappa shape index (κ2) is 10.2. The lowest BCUT2D eigenvalue weighted by atomic mass is 10.0. The van der Waals surface area contributed by atoms with Gasteiger partial charge in [-0.05, 0) is 62.4 Å². The fourth-order valence-electron chi connectivity index (χ4n) is 4.35. The van der Waals surface area contributed by atoms with Crippen molar-refractivity contribution in [3.8, 4) is 17.1 Å². The first kappa shape index (κ1) is 23.0. The molecule has 0 saturated carbocycles. The second-order valence-electron chi connectivity index (χ2n) is 8.78. The first-order chi connectivity index (χ1) is 16.0. The lowest BCUT2D eigenvalue weighted by molar-refractivity contribution is -0.130. The third-order valence-electron chi connectivity index (χ3n) is 6.19. The number of aromatic hydroxyl groups is 1. The van der Waals surface area contributed by atoms with Crippen LogP contribution >= 0.6 is 0 Å². The number of phenols is 1. The summed E-state index contributed by atoms with van der Waals surface area (Å²) in [5, 5.41) is 24.6. The summed E-state index contributed by atoms with van der Waals surface area (Å²) in [6.07, 6.45) is 3.67. The molecule has 2 atom stereocenters. The molecule has 1 saturated heterocycles. The summed E-state index contributed by atoms with van der Waals surface area (Å²) in [7, 11) is 0. The molecule has 7 heteroatoms. The van der Waals surface area contributed by atoms with Gasteiger partial charge in [-0.25, -0.2) is 9.97 Å². The molecule has 2 aromatic carbocycles. The van der Waals surface area contributed by atoms with E-state index in [-0.39, 0.29) is 17.8 Å². The van der Waals surface area contributed by atoms with Gasteiger partial charge in [0.05, 0.1) is 11.1 Å². The number of unbranched alkanes of at least 4 members (excludes halogenated alkanes) is 1. The van der Waals surface area contributed by atoms with Crippen molar-refractivity contribution in [2.45, 2.75) is 64.6 Å². The summed E-state index contributed by atoms with van der Waals surface area (Å²) in [5.74, 6) is 0.958. The predicted molar refractivity (Wildman–Crippen MR) is 130 cm³/mol. The van der Waals surface area contributed by atoms with Gasteiger partial charge in [0.2, 0.25) is 5.91 Å². The number of aryl methyl sites for hydroxylation is 1. The number of aromatic nitrogens is 2. The van der Waals surface area contributed by atoms with Crippen molar-refractivity contribution in [1.29, 1.82) is 0 Å². The number of carbonyl (C=O) groups excluding carboxylic acids is 1. The van der Waals surface area contributed by atoms with Crippen LogP contribution in [0.3, 0.4) is 0 Å². The molecule has 0 radical (unpaired) electrons. The summed E-state index contributed by atoms with van der Waals surface area (Å²) in [4.78, 5) is 24.4. The van der Waals surface area contributed by atoms with Crippen molar-refractivity contribution in [1.82, 2.24) is 15.3 Å². The highest BCUT2D eigenvalue weighted by Crippen LogP contribution is 2.34. The quantitative estimate of drug-likeness (QED) is 0.499. The number of fused-ring (bicyclic) bond motifs is 1. The molecule has 1 aliphatic rings. The largest absolute Gasteiger partial charge is 0.507 e. The molecule has 1 aliphatic heterocycles. The van der Waals surface area contributed by atoms with Crippen molar-refractivity contribution in [3.05, 3.63) is 48.0 Å². The van der Waals surface area contributed by atoms with Crippen molar-refractivity contribution in [3.63, 3.8) is 0 Å². The lowest BCUT2D eigenvalue weighted by Gasteiger charge is -2.38. The van der Waals surface area contributed by atoms with Gasteiger partial charge in [0.25, 0.3) is 0 Å². The number of aliphatic hydroxyl groups is 1. The smallest absolute Gasteiger partial charge is 0.250 e. The Hall–Kier alpha value is -3.19. The second-order valence-corrected chi connectivity index (χ2v) is 8.78. The highest BCUT2D eigenvalue weighted by molar-refractivity contribution is 5.92. The molecular formula is C26H32N4O3. The molecule has 33 heavy (non-hydrogen) atoms. The number of carbonyl (C=O) groups is 1. The number of nitrogens with zero attached hydrogens (tertiary/aromatic N) is 3. The number of phenolic OH excluding ortho intramolecular Hbond substituents is 1. The highest BCUT2D eigenvalue weighted by atomic mass is 16.3. The van der Waals surface area contributed by atoms with Crippen LogP contribution in [-0.4, -0.2) is 44.9 Å². The van der Waals surface area contributed by atoms with Crippen LogP contribution in [0.2, 0.25) is 0 Å².